The summed E-state index contributed by atoms with van der Waals surface area (Å²) in [7, 11) is 0. The summed E-state index contributed by atoms with van der Waals surface area (Å²) in [5, 5.41) is 0. The van der Waals surface area contributed by atoms with Crippen molar-refractivity contribution < 1.29 is 19.1 Å². The summed E-state index contributed by atoms with van der Waals surface area (Å²) in [5.41, 5.74) is 0. The molecule has 0 aromatic rings. The summed E-state index contributed by atoms with van der Waals surface area (Å²) >= 11 is 0. The number of rotatable bonds is 24. The van der Waals surface area contributed by atoms with E-state index >= 15 is 0 Å². The van der Waals surface area contributed by atoms with Gasteiger partial charge in [0, 0.05) is 12.8 Å². The van der Waals surface area contributed by atoms with E-state index < -0.39 is 0 Å². The molecule has 0 heterocycles. The molecule has 1 unspecified atom stereocenters. The van der Waals surface area contributed by atoms with Gasteiger partial charge in [-0.25, -0.2) is 0 Å². The maximum Gasteiger partial charge on any atom is 0.305 e. The van der Waals surface area contributed by atoms with Gasteiger partial charge in [-0.1, -0.05) is 111 Å². The van der Waals surface area contributed by atoms with Crippen molar-refractivity contribution in [2.24, 2.45) is 11.8 Å². The normalized spacial score (nSPS) is 12.2. The van der Waals surface area contributed by atoms with E-state index in [4.69, 9.17) is 9.47 Å². The van der Waals surface area contributed by atoms with E-state index in [-0.39, 0.29) is 11.9 Å². The zero-order chi connectivity index (χ0) is 24.6. The smallest absolute Gasteiger partial charge is 0.305 e. The Bertz CT molecular complexity index is 447. The second kappa shape index (κ2) is 24.1. The van der Waals surface area contributed by atoms with Gasteiger partial charge in [-0.3, -0.25) is 9.59 Å². The number of hydrogen-bond donors (Lipinski definition) is 0. The average Bonchev–Trinajstić information content (AvgIpc) is 2.77. The summed E-state index contributed by atoms with van der Waals surface area (Å²) in [4.78, 5) is 23.6. The van der Waals surface area contributed by atoms with Crippen molar-refractivity contribution in [2.45, 2.75) is 150 Å². The zero-order valence-corrected chi connectivity index (χ0v) is 22.6. The molecule has 0 bridgehead atoms. The van der Waals surface area contributed by atoms with Crippen LogP contribution in [0.2, 0.25) is 0 Å². The average molecular weight is 469 g/mol. The van der Waals surface area contributed by atoms with Crippen LogP contribution in [0.1, 0.15) is 150 Å². The molecule has 0 aliphatic heterocycles. The SMILES string of the molecule is CCCCCCCCCCCCOC(=O)CCCCCC(=O)OCCC(C)CCCC(C)C. The summed E-state index contributed by atoms with van der Waals surface area (Å²) in [5.74, 6) is 1.18. The molecule has 0 amide bonds. The second-order valence-corrected chi connectivity index (χ2v) is 10.4. The lowest BCUT2D eigenvalue weighted by Gasteiger charge is -2.12. The molecule has 0 N–H and O–H groups in total. The fourth-order valence-electron chi connectivity index (χ4n) is 4.03. The van der Waals surface area contributed by atoms with Crippen molar-refractivity contribution in [1.29, 1.82) is 0 Å². The molecule has 33 heavy (non-hydrogen) atoms. The molecule has 0 spiro atoms. The van der Waals surface area contributed by atoms with Gasteiger partial charge in [-0.2, -0.15) is 0 Å². The molecular weight excluding hydrogens is 412 g/mol. The summed E-state index contributed by atoms with van der Waals surface area (Å²) in [6, 6.07) is 0. The van der Waals surface area contributed by atoms with E-state index in [1.54, 1.807) is 0 Å². The quantitative estimate of drug-likeness (QED) is 0.105. The van der Waals surface area contributed by atoms with Gasteiger partial charge in [-0.05, 0) is 37.5 Å². The molecule has 0 radical (unpaired) electrons. The molecule has 0 saturated carbocycles. The van der Waals surface area contributed by atoms with Gasteiger partial charge in [0.15, 0.2) is 0 Å². The van der Waals surface area contributed by atoms with Crippen LogP contribution in [0.3, 0.4) is 0 Å². The minimum absolute atomic E-state index is 0.0973. The Hall–Kier alpha value is -1.06. The van der Waals surface area contributed by atoms with Crippen molar-refractivity contribution in [3.8, 4) is 0 Å². The molecule has 4 nitrogen and oxygen atoms in total. The molecule has 0 saturated heterocycles. The van der Waals surface area contributed by atoms with Crippen LogP contribution < -0.4 is 0 Å². The second-order valence-electron chi connectivity index (χ2n) is 10.4. The first kappa shape index (κ1) is 31.9. The number of hydrogen-bond acceptors (Lipinski definition) is 4. The molecule has 0 fully saturated rings. The highest BCUT2D eigenvalue weighted by atomic mass is 16.5. The van der Waals surface area contributed by atoms with Crippen LogP contribution in [0.4, 0.5) is 0 Å². The van der Waals surface area contributed by atoms with Crippen molar-refractivity contribution in [3.05, 3.63) is 0 Å². The predicted octanol–water partition coefficient (Wildman–Crippen LogP) is 8.80. The topological polar surface area (TPSA) is 52.6 Å². The van der Waals surface area contributed by atoms with Crippen LogP contribution in [0.5, 0.6) is 0 Å². The van der Waals surface area contributed by atoms with Gasteiger partial charge >= 0.3 is 11.9 Å². The van der Waals surface area contributed by atoms with Crippen molar-refractivity contribution in [2.75, 3.05) is 13.2 Å². The van der Waals surface area contributed by atoms with E-state index in [1.165, 1.54) is 70.6 Å². The lowest BCUT2D eigenvalue weighted by Crippen LogP contribution is -2.09. The van der Waals surface area contributed by atoms with Crippen LogP contribution >= 0.6 is 0 Å². The van der Waals surface area contributed by atoms with Crippen molar-refractivity contribution in [3.63, 3.8) is 0 Å². The number of unbranched alkanes of at least 4 members (excludes halogenated alkanes) is 11. The van der Waals surface area contributed by atoms with E-state index in [0.717, 1.165) is 44.4 Å². The van der Waals surface area contributed by atoms with Crippen LogP contribution in [0.25, 0.3) is 0 Å². The van der Waals surface area contributed by atoms with E-state index in [2.05, 4.69) is 27.7 Å². The summed E-state index contributed by atoms with van der Waals surface area (Å²) < 4.78 is 10.7. The molecule has 1 atom stereocenters. The standard InChI is InChI=1S/C29H56O4/c1-5-6-7-8-9-10-11-12-13-17-24-32-28(30)21-15-14-16-22-29(31)33-25-23-27(4)20-18-19-26(2)3/h26-27H,5-25H2,1-4H3. The number of carbonyl (C=O) groups is 2. The minimum atomic E-state index is -0.104. The van der Waals surface area contributed by atoms with Crippen LogP contribution in [0, 0.1) is 11.8 Å². The van der Waals surface area contributed by atoms with E-state index in [1.807, 2.05) is 0 Å². The van der Waals surface area contributed by atoms with Gasteiger partial charge < -0.3 is 9.47 Å². The molecule has 0 aromatic heterocycles. The van der Waals surface area contributed by atoms with Gasteiger partial charge in [0.1, 0.15) is 0 Å². The van der Waals surface area contributed by atoms with Gasteiger partial charge in [0.2, 0.25) is 0 Å². The van der Waals surface area contributed by atoms with Crippen LogP contribution in [-0.4, -0.2) is 25.2 Å². The lowest BCUT2D eigenvalue weighted by molar-refractivity contribution is -0.144. The highest BCUT2D eigenvalue weighted by Crippen LogP contribution is 2.15. The van der Waals surface area contributed by atoms with Crippen molar-refractivity contribution >= 4 is 11.9 Å². The number of ether oxygens (including phenoxy) is 2. The van der Waals surface area contributed by atoms with Gasteiger partial charge in [0.25, 0.3) is 0 Å². The Morgan fingerprint density at radius 2 is 1.03 bits per heavy atom. The highest BCUT2D eigenvalue weighted by molar-refractivity contribution is 5.69. The Kier molecular flexibility index (Phi) is 23.3. The maximum absolute atomic E-state index is 11.8. The molecule has 0 aliphatic carbocycles. The van der Waals surface area contributed by atoms with E-state index in [0.29, 0.717) is 32.0 Å². The lowest BCUT2D eigenvalue weighted by atomic mass is 9.98. The number of esters is 2. The largest absolute Gasteiger partial charge is 0.466 e. The third kappa shape index (κ3) is 25.4. The molecule has 4 heteroatoms. The van der Waals surface area contributed by atoms with Crippen molar-refractivity contribution in [1.82, 2.24) is 0 Å². The van der Waals surface area contributed by atoms with Crippen LogP contribution in [-0.2, 0) is 19.1 Å². The third-order valence-corrected chi connectivity index (χ3v) is 6.37. The molecular formula is C29H56O4. The monoisotopic (exact) mass is 468 g/mol. The van der Waals surface area contributed by atoms with Crippen LogP contribution in [0.15, 0.2) is 0 Å². The zero-order valence-electron chi connectivity index (χ0n) is 22.6. The van der Waals surface area contributed by atoms with Gasteiger partial charge in [-0.15, -0.1) is 0 Å². The first-order chi connectivity index (χ1) is 16.0. The fraction of sp³-hybridized carbons (Fsp3) is 0.931. The Morgan fingerprint density at radius 1 is 0.545 bits per heavy atom. The predicted molar refractivity (Wildman–Crippen MR) is 139 cm³/mol. The molecule has 0 rings (SSSR count). The fourth-order valence-corrected chi connectivity index (χ4v) is 4.03. The first-order valence-corrected chi connectivity index (χ1v) is 14.3. The highest BCUT2D eigenvalue weighted by Gasteiger charge is 2.08. The van der Waals surface area contributed by atoms with E-state index in [9.17, 15) is 9.59 Å². The minimum Gasteiger partial charge on any atom is -0.466 e. The molecule has 0 aliphatic rings. The molecule has 196 valence electrons. The first-order valence-electron chi connectivity index (χ1n) is 14.3. The van der Waals surface area contributed by atoms with Gasteiger partial charge in [0.05, 0.1) is 13.2 Å². The Balaban J connectivity index is 3.38. The summed E-state index contributed by atoms with van der Waals surface area (Å²) in [6.45, 7) is 10.1. The Morgan fingerprint density at radius 3 is 1.58 bits per heavy atom. The Labute approximate surface area is 206 Å². The molecule has 0 aromatic carbocycles. The number of carbonyl (C=O) groups excluding carboxylic acids is 2. The third-order valence-electron chi connectivity index (χ3n) is 6.37. The maximum atomic E-state index is 11.8. The summed E-state index contributed by atoms with van der Waals surface area (Å²) in [6.07, 6.45) is 20.9.